The smallest absolute Gasteiger partial charge is 0.213 e. The topological polar surface area (TPSA) is 93.8 Å². The largest absolute Gasteiger partial charge is 0.504 e. The third-order valence-corrected chi connectivity index (χ3v) is 1.62. The Kier molecular flexibility index (Phi) is 4.73. The molecule has 1 aromatic rings. The van der Waals surface area contributed by atoms with Gasteiger partial charge in [-0.25, -0.2) is 0 Å². The van der Waals surface area contributed by atoms with Crippen LogP contribution in [0.3, 0.4) is 0 Å². The fraction of sp³-hybridized carbons (Fsp3) is 0.222. The summed E-state index contributed by atoms with van der Waals surface area (Å²) < 4.78 is 4.86. The molecule has 0 saturated heterocycles. The summed E-state index contributed by atoms with van der Waals surface area (Å²) in [4.78, 5) is 0. The molecule has 6 heteroatoms. The van der Waals surface area contributed by atoms with Crippen molar-refractivity contribution in [3.63, 3.8) is 0 Å². The van der Waals surface area contributed by atoms with E-state index in [9.17, 15) is 0 Å². The minimum absolute atomic E-state index is 0. The predicted molar refractivity (Wildman–Crippen MR) is 57.1 cm³/mol. The molecule has 0 heterocycles. The van der Waals surface area contributed by atoms with Crippen LogP contribution in [-0.4, -0.2) is 27.8 Å². The fourth-order valence-electron chi connectivity index (χ4n) is 0.963. The first-order chi connectivity index (χ1) is 6.56. The molecule has 4 N–H and O–H groups in total. The van der Waals surface area contributed by atoms with E-state index in [4.69, 9.17) is 25.5 Å². The van der Waals surface area contributed by atoms with E-state index in [0.717, 1.165) is 12.1 Å². The summed E-state index contributed by atoms with van der Waals surface area (Å²) in [5, 5.41) is 34.7. The second-order valence-corrected chi connectivity index (χ2v) is 2.63. The molecule has 0 fully saturated rings. The lowest BCUT2D eigenvalue weighted by atomic mass is 10.2. The van der Waals surface area contributed by atoms with Crippen LogP contribution in [0.15, 0.2) is 12.1 Å². The lowest BCUT2D eigenvalue weighted by Gasteiger charge is -2.07. The van der Waals surface area contributed by atoms with Crippen molar-refractivity contribution in [3.8, 4) is 17.2 Å². The zero-order valence-electron chi connectivity index (χ0n) is 8.02. The van der Waals surface area contributed by atoms with Crippen molar-refractivity contribution in [2.75, 3.05) is 6.61 Å². The Morgan fingerprint density at radius 2 is 1.73 bits per heavy atom. The molecule has 0 aliphatic rings. The molecule has 84 valence electrons. The molecule has 0 aliphatic carbocycles. The lowest BCUT2D eigenvalue weighted by Crippen LogP contribution is -2.04. The van der Waals surface area contributed by atoms with E-state index in [1.165, 1.54) is 0 Å². The van der Waals surface area contributed by atoms with Gasteiger partial charge in [0.15, 0.2) is 17.2 Å². The molecule has 5 nitrogen and oxygen atoms in total. The highest BCUT2D eigenvalue weighted by molar-refractivity contribution is 5.93. The van der Waals surface area contributed by atoms with E-state index in [0.29, 0.717) is 6.61 Å². The molecule has 0 aliphatic heterocycles. The van der Waals surface area contributed by atoms with Crippen LogP contribution in [0.25, 0.3) is 0 Å². The van der Waals surface area contributed by atoms with Gasteiger partial charge in [0.2, 0.25) is 5.90 Å². The minimum atomic E-state index is -0.599. The maximum absolute atomic E-state index is 9.14. The van der Waals surface area contributed by atoms with Gasteiger partial charge >= 0.3 is 0 Å². The number of rotatable bonds is 2. The Hall–Kier alpha value is -1.62. The van der Waals surface area contributed by atoms with Crippen LogP contribution in [-0.2, 0) is 4.74 Å². The van der Waals surface area contributed by atoms with Crippen LogP contribution < -0.4 is 0 Å². The molecule has 0 bridgehead atoms. The normalized spacial score (nSPS) is 9.13. The first-order valence-corrected chi connectivity index (χ1v) is 4.03. The minimum Gasteiger partial charge on any atom is -0.504 e. The van der Waals surface area contributed by atoms with Crippen LogP contribution in [0.4, 0.5) is 0 Å². The molecular weight excluding hydrogens is 222 g/mol. The van der Waals surface area contributed by atoms with Crippen molar-refractivity contribution in [3.05, 3.63) is 17.7 Å². The van der Waals surface area contributed by atoms with Crippen molar-refractivity contribution >= 4 is 18.3 Å². The number of nitrogens with one attached hydrogen (secondary N) is 1. The summed E-state index contributed by atoms with van der Waals surface area (Å²) in [5.74, 6) is -1.73. The number of aromatic hydroxyl groups is 3. The summed E-state index contributed by atoms with van der Waals surface area (Å²) in [6.07, 6.45) is 0. The number of hydrogen-bond donors (Lipinski definition) is 4. The molecule has 0 spiro atoms. The lowest BCUT2D eigenvalue weighted by molar-refractivity contribution is 0.324. The first-order valence-electron chi connectivity index (χ1n) is 4.03. The van der Waals surface area contributed by atoms with Crippen LogP contribution in [0.5, 0.6) is 17.2 Å². The van der Waals surface area contributed by atoms with Gasteiger partial charge in [-0.2, -0.15) is 0 Å². The second-order valence-electron chi connectivity index (χ2n) is 2.63. The summed E-state index contributed by atoms with van der Waals surface area (Å²) in [6, 6.07) is 2.29. The number of hydrogen-bond acceptors (Lipinski definition) is 5. The van der Waals surface area contributed by atoms with Gasteiger partial charge in [-0.05, 0) is 19.1 Å². The first kappa shape index (κ1) is 13.4. The van der Waals surface area contributed by atoms with Gasteiger partial charge < -0.3 is 20.1 Å². The Bertz CT molecular complexity index is 344. The van der Waals surface area contributed by atoms with Gasteiger partial charge in [-0.15, -0.1) is 12.4 Å². The molecular formula is C9H12ClNO4. The molecule has 0 unspecified atom stereocenters. The zero-order chi connectivity index (χ0) is 10.7. The molecule has 15 heavy (non-hydrogen) atoms. The highest BCUT2D eigenvalue weighted by Crippen LogP contribution is 2.35. The van der Waals surface area contributed by atoms with Crippen LogP contribution in [0, 0.1) is 5.41 Å². The molecule has 0 saturated carbocycles. The number of phenols is 3. The van der Waals surface area contributed by atoms with Gasteiger partial charge in [-0.1, -0.05) is 0 Å². The van der Waals surface area contributed by atoms with Crippen LogP contribution in [0.1, 0.15) is 12.5 Å². The zero-order valence-corrected chi connectivity index (χ0v) is 8.84. The molecule has 0 radical (unpaired) electrons. The molecule has 0 atom stereocenters. The average molecular weight is 234 g/mol. The van der Waals surface area contributed by atoms with Gasteiger partial charge in [0.25, 0.3) is 0 Å². The quantitative estimate of drug-likeness (QED) is 0.354. The Morgan fingerprint density at radius 1 is 1.27 bits per heavy atom. The Balaban J connectivity index is 0.00000196. The number of phenolic OH excluding ortho intramolecular Hbond substituents is 3. The van der Waals surface area contributed by atoms with Gasteiger partial charge in [0, 0.05) is 5.56 Å². The van der Waals surface area contributed by atoms with Crippen molar-refractivity contribution in [1.29, 1.82) is 5.41 Å². The van der Waals surface area contributed by atoms with Crippen molar-refractivity contribution in [2.45, 2.75) is 6.92 Å². The maximum Gasteiger partial charge on any atom is 0.213 e. The SMILES string of the molecule is CCOC(=N)c1cc(O)c(O)c(O)c1.Cl. The van der Waals surface area contributed by atoms with Gasteiger partial charge in [0.1, 0.15) is 0 Å². The number of ether oxygens (including phenoxy) is 1. The van der Waals surface area contributed by atoms with Gasteiger partial charge in [-0.3, -0.25) is 5.41 Å². The Morgan fingerprint density at radius 3 is 2.13 bits per heavy atom. The van der Waals surface area contributed by atoms with Crippen LogP contribution in [0.2, 0.25) is 0 Å². The van der Waals surface area contributed by atoms with E-state index in [1.54, 1.807) is 6.92 Å². The predicted octanol–water partition coefficient (Wildman–Crippen LogP) is 1.59. The fourth-order valence-corrected chi connectivity index (χ4v) is 0.963. The van der Waals surface area contributed by atoms with E-state index in [2.05, 4.69) is 0 Å². The van der Waals surface area contributed by atoms with Crippen LogP contribution >= 0.6 is 12.4 Å². The Labute approximate surface area is 92.9 Å². The molecule has 0 aromatic heterocycles. The standard InChI is InChI=1S/C9H11NO4.ClH/c1-2-14-9(10)5-3-6(11)8(13)7(12)4-5;/h3-4,10-13H,2H2,1H3;1H. The third-order valence-electron chi connectivity index (χ3n) is 1.62. The van der Waals surface area contributed by atoms with E-state index < -0.39 is 17.2 Å². The highest BCUT2D eigenvalue weighted by Gasteiger charge is 2.11. The molecule has 1 aromatic carbocycles. The van der Waals surface area contributed by atoms with E-state index in [1.807, 2.05) is 0 Å². The summed E-state index contributed by atoms with van der Waals surface area (Å²) in [7, 11) is 0. The monoisotopic (exact) mass is 233 g/mol. The number of benzene rings is 1. The average Bonchev–Trinajstić information content (AvgIpc) is 2.13. The number of halogens is 1. The summed E-state index contributed by atoms with van der Waals surface area (Å²) >= 11 is 0. The second kappa shape index (κ2) is 5.31. The van der Waals surface area contributed by atoms with E-state index in [-0.39, 0.29) is 23.9 Å². The maximum atomic E-state index is 9.14. The van der Waals surface area contributed by atoms with E-state index >= 15 is 0 Å². The van der Waals surface area contributed by atoms with Gasteiger partial charge in [0.05, 0.1) is 6.61 Å². The summed E-state index contributed by atoms with van der Waals surface area (Å²) in [5.41, 5.74) is 0.208. The van der Waals surface area contributed by atoms with Crippen molar-refractivity contribution in [2.24, 2.45) is 0 Å². The molecule has 1 rings (SSSR count). The molecule has 0 amide bonds. The third kappa shape index (κ3) is 2.92. The highest BCUT2D eigenvalue weighted by atomic mass is 35.5. The summed E-state index contributed by atoms with van der Waals surface area (Å²) in [6.45, 7) is 2.04. The van der Waals surface area contributed by atoms with Crippen molar-refractivity contribution < 1.29 is 20.1 Å². The van der Waals surface area contributed by atoms with Crippen molar-refractivity contribution in [1.82, 2.24) is 0 Å².